The third-order valence-corrected chi connectivity index (χ3v) is 2.95. The lowest BCUT2D eigenvalue weighted by atomic mass is 10.1. The van der Waals surface area contributed by atoms with Crippen LogP contribution in [0.2, 0.25) is 0 Å². The highest BCUT2D eigenvalue weighted by Gasteiger charge is 2.12. The Morgan fingerprint density at radius 2 is 2.17 bits per heavy atom. The van der Waals surface area contributed by atoms with Crippen molar-refractivity contribution in [2.24, 2.45) is 5.73 Å². The van der Waals surface area contributed by atoms with Crippen LogP contribution in [0.1, 0.15) is 11.4 Å². The molecular formula is C14H14N4. The summed E-state index contributed by atoms with van der Waals surface area (Å²) in [4.78, 5) is 9.00. The van der Waals surface area contributed by atoms with Gasteiger partial charge in [-0.25, -0.2) is 9.97 Å². The highest BCUT2D eigenvalue weighted by molar-refractivity contribution is 5.74. The average Bonchev–Trinajstić information content (AvgIpc) is 2.77. The molecule has 0 amide bonds. The maximum atomic E-state index is 5.73. The smallest absolute Gasteiger partial charge is 0.164 e. The summed E-state index contributed by atoms with van der Waals surface area (Å²) in [6, 6.07) is 10.1. The first-order valence-electron chi connectivity index (χ1n) is 5.88. The zero-order valence-electron chi connectivity index (χ0n) is 10.2. The number of benzene rings is 1. The number of rotatable bonds is 2. The number of imidazole rings is 1. The van der Waals surface area contributed by atoms with Gasteiger partial charge in [-0.1, -0.05) is 23.8 Å². The summed E-state index contributed by atoms with van der Waals surface area (Å²) < 4.78 is 1.94. The Morgan fingerprint density at radius 1 is 1.28 bits per heavy atom. The second-order valence-corrected chi connectivity index (χ2v) is 4.26. The van der Waals surface area contributed by atoms with Gasteiger partial charge in [0.2, 0.25) is 0 Å². The zero-order chi connectivity index (χ0) is 12.5. The summed E-state index contributed by atoms with van der Waals surface area (Å²) in [5.41, 5.74) is 9.75. The van der Waals surface area contributed by atoms with Crippen LogP contribution in [0.3, 0.4) is 0 Å². The first-order chi connectivity index (χ1) is 8.79. The van der Waals surface area contributed by atoms with E-state index in [2.05, 4.69) is 29.0 Å². The van der Waals surface area contributed by atoms with E-state index < -0.39 is 0 Å². The van der Waals surface area contributed by atoms with Crippen molar-refractivity contribution in [2.75, 3.05) is 0 Å². The maximum absolute atomic E-state index is 5.73. The van der Waals surface area contributed by atoms with Crippen LogP contribution in [0.4, 0.5) is 0 Å². The molecule has 0 aliphatic heterocycles. The highest BCUT2D eigenvalue weighted by Crippen LogP contribution is 2.23. The summed E-state index contributed by atoms with van der Waals surface area (Å²) >= 11 is 0. The lowest BCUT2D eigenvalue weighted by molar-refractivity contribution is 0.897. The molecule has 0 saturated carbocycles. The number of nitrogens with zero attached hydrogens (tertiary/aromatic N) is 3. The largest absolute Gasteiger partial charge is 0.324 e. The van der Waals surface area contributed by atoms with E-state index in [1.165, 1.54) is 5.56 Å². The zero-order valence-corrected chi connectivity index (χ0v) is 10.2. The molecule has 90 valence electrons. The molecule has 4 nitrogen and oxygen atoms in total. The Bertz CT molecular complexity index is 700. The van der Waals surface area contributed by atoms with Gasteiger partial charge in [0.05, 0.1) is 6.54 Å². The molecule has 0 aliphatic rings. The second kappa shape index (κ2) is 4.23. The van der Waals surface area contributed by atoms with Crippen molar-refractivity contribution in [3.8, 4) is 11.3 Å². The van der Waals surface area contributed by atoms with Crippen molar-refractivity contribution in [3.05, 3.63) is 54.1 Å². The SMILES string of the molecule is Cc1cccc(-c2nc(CN)n3cccnc23)c1. The molecule has 0 saturated heterocycles. The van der Waals surface area contributed by atoms with E-state index in [1.54, 1.807) is 6.20 Å². The number of nitrogens with two attached hydrogens (primary N) is 1. The molecule has 3 rings (SSSR count). The Labute approximate surface area is 105 Å². The van der Waals surface area contributed by atoms with E-state index in [0.717, 1.165) is 22.7 Å². The lowest BCUT2D eigenvalue weighted by Gasteiger charge is -1.99. The van der Waals surface area contributed by atoms with Crippen LogP contribution in [0.15, 0.2) is 42.7 Å². The molecule has 2 heterocycles. The van der Waals surface area contributed by atoms with Crippen LogP contribution in [-0.4, -0.2) is 14.4 Å². The van der Waals surface area contributed by atoms with Gasteiger partial charge in [-0.05, 0) is 19.1 Å². The Kier molecular flexibility index (Phi) is 2.57. The third kappa shape index (κ3) is 1.67. The number of aryl methyl sites for hydroxylation is 1. The van der Waals surface area contributed by atoms with Crippen molar-refractivity contribution in [1.82, 2.24) is 14.4 Å². The van der Waals surface area contributed by atoms with Gasteiger partial charge in [0.15, 0.2) is 5.65 Å². The topological polar surface area (TPSA) is 56.2 Å². The molecule has 2 aromatic heterocycles. The highest BCUT2D eigenvalue weighted by atomic mass is 15.1. The van der Waals surface area contributed by atoms with Gasteiger partial charge in [-0.3, -0.25) is 4.40 Å². The monoisotopic (exact) mass is 238 g/mol. The normalized spacial score (nSPS) is 11.0. The van der Waals surface area contributed by atoms with Gasteiger partial charge in [0.1, 0.15) is 11.5 Å². The van der Waals surface area contributed by atoms with Gasteiger partial charge >= 0.3 is 0 Å². The van der Waals surface area contributed by atoms with E-state index in [1.807, 2.05) is 28.8 Å². The minimum Gasteiger partial charge on any atom is -0.324 e. The molecule has 18 heavy (non-hydrogen) atoms. The first-order valence-corrected chi connectivity index (χ1v) is 5.88. The molecule has 1 aromatic carbocycles. The molecule has 2 N–H and O–H groups in total. The number of fused-ring (bicyclic) bond motifs is 1. The Hall–Kier alpha value is -2.20. The van der Waals surface area contributed by atoms with Crippen molar-refractivity contribution in [2.45, 2.75) is 13.5 Å². The lowest BCUT2D eigenvalue weighted by Crippen LogP contribution is -2.02. The standard InChI is InChI=1S/C14H14N4/c1-10-4-2-5-11(8-10)13-14-16-6-3-7-18(14)12(9-15)17-13/h2-8H,9,15H2,1H3. The molecule has 0 bridgehead atoms. The predicted molar refractivity (Wildman–Crippen MR) is 71.1 cm³/mol. The molecule has 4 heteroatoms. The Morgan fingerprint density at radius 3 is 2.94 bits per heavy atom. The van der Waals surface area contributed by atoms with Crippen LogP contribution in [0, 0.1) is 6.92 Å². The summed E-state index contributed by atoms with van der Waals surface area (Å²) in [5, 5.41) is 0. The third-order valence-electron chi connectivity index (χ3n) is 2.95. The molecule has 0 spiro atoms. The van der Waals surface area contributed by atoms with E-state index in [4.69, 9.17) is 5.73 Å². The Balaban J connectivity index is 2.29. The van der Waals surface area contributed by atoms with E-state index in [9.17, 15) is 0 Å². The summed E-state index contributed by atoms with van der Waals surface area (Å²) in [7, 11) is 0. The number of aromatic nitrogens is 3. The molecule has 0 aliphatic carbocycles. The number of hydrogen-bond donors (Lipinski definition) is 1. The van der Waals surface area contributed by atoms with Crippen LogP contribution in [-0.2, 0) is 6.54 Å². The summed E-state index contributed by atoms with van der Waals surface area (Å²) in [5.74, 6) is 0.828. The van der Waals surface area contributed by atoms with Gasteiger partial charge in [0, 0.05) is 18.0 Å². The van der Waals surface area contributed by atoms with E-state index in [-0.39, 0.29) is 0 Å². The molecular weight excluding hydrogens is 224 g/mol. The van der Waals surface area contributed by atoms with Crippen molar-refractivity contribution in [3.63, 3.8) is 0 Å². The maximum Gasteiger partial charge on any atom is 0.164 e. The van der Waals surface area contributed by atoms with Gasteiger partial charge in [-0.2, -0.15) is 0 Å². The fourth-order valence-electron chi connectivity index (χ4n) is 2.12. The molecule has 0 fully saturated rings. The summed E-state index contributed by atoms with van der Waals surface area (Å²) in [6.07, 6.45) is 3.72. The first kappa shape index (κ1) is 10.9. The minimum atomic E-state index is 0.401. The van der Waals surface area contributed by atoms with Crippen molar-refractivity contribution in [1.29, 1.82) is 0 Å². The van der Waals surface area contributed by atoms with Crippen LogP contribution in [0.5, 0.6) is 0 Å². The molecule has 3 aromatic rings. The van der Waals surface area contributed by atoms with Gasteiger partial charge < -0.3 is 5.73 Å². The van der Waals surface area contributed by atoms with E-state index in [0.29, 0.717) is 6.54 Å². The number of hydrogen-bond acceptors (Lipinski definition) is 3. The van der Waals surface area contributed by atoms with Crippen molar-refractivity contribution < 1.29 is 0 Å². The fraction of sp³-hybridized carbons (Fsp3) is 0.143. The van der Waals surface area contributed by atoms with Gasteiger partial charge in [-0.15, -0.1) is 0 Å². The average molecular weight is 238 g/mol. The van der Waals surface area contributed by atoms with E-state index >= 15 is 0 Å². The molecule has 0 atom stereocenters. The fourth-order valence-corrected chi connectivity index (χ4v) is 2.12. The van der Waals surface area contributed by atoms with Crippen LogP contribution in [0.25, 0.3) is 16.9 Å². The van der Waals surface area contributed by atoms with Crippen LogP contribution >= 0.6 is 0 Å². The van der Waals surface area contributed by atoms with Crippen molar-refractivity contribution >= 4 is 5.65 Å². The summed E-state index contributed by atoms with van der Waals surface area (Å²) in [6.45, 7) is 2.47. The van der Waals surface area contributed by atoms with Gasteiger partial charge in [0.25, 0.3) is 0 Å². The quantitative estimate of drug-likeness (QED) is 0.744. The van der Waals surface area contributed by atoms with Crippen LogP contribution < -0.4 is 5.73 Å². The minimum absolute atomic E-state index is 0.401. The molecule has 0 radical (unpaired) electrons. The molecule has 0 unspecified atom stereocenters. The predicted octanol–water partition coefficient (Wildman–Crippen LogP) is 2.16. The second-order valence-electron chi connectivity index (χ2n) is 4.26.